The molecule has 0 amide bonds. The smallest absolute Gasteiger partial charge is 0.261 e. The Hall–Kier alpha value is -1.70. The molecule has 1 saturated heterocycles. The van der Waals surface area contributed by atoms with Crippen LogP contribution >= 0.6 is 0 Å². The van der Waals surface area contributed by atoms with Gasteiger partial charge in [-0.05, 0) is 59.2 Å². The molecule has 27 heavy (non-hydrogen) atoms. The molecule has 1 aromatic heterocycles. The topological polar surface area (TPSA) is 79.5 Å². The number of rotatable bonds is 3. The third kappa shape index (κ3) is 3.56. The first kappa shape index (κ1) is 20.0. The highest BCUT2D eigenvalue weighted by Crippen LogP contribution is 2.31. The maximum absolute atomic E-state index is 13.0. The molecule has 0 bridgehead atoms. The number of aromatic nitrogens is 2. The van der Waals surface area contributed by atoms with Gasteiger partial charge in [-0.15, -0.1) is 0 Å². The van der Waals surface area contributed by atoms with Crippen molar-refractivity contribution in [3.8, 4) is 0 Å². The zero-order chi connectivity index (χ0) is 20.1. The molecule has 0 N–H and O–H groups in total. The highest BCUT2D eigenvalue weighted by molar-refractivity contribution is 7.91. The lowest BCUT2D eigenvalue weighted by Gasteiger charge is -2.38. The van der Waals surface area contributed by atoms with Crippen molar-refractivity contribution >= 4 is 28.0 Å². The van der Waals surface area contributed by atoms with Gasteiger partial charge in [-0.1, -0.05) is 4.40 Å². The van der Waals surface area contributed by atoms with Gasteiger partial charge in [-0.25, -0.2) is 4.98 Å². The predicted molar refractivity (Wildman–Crippen MR) is 110 cm³/mol. The van der Waals surface area contributed by atoms with Crippen molar-refractivity contribution in [3.63, 3.8) is 0 Å². The van der Waals surface area contributed by atoms with E-state index >= 15 is 0 Å². The summed E-state index contributed by atoms with van der Waals surface area (Å²) in [5.74, 6) is 0.709. The van der Waals surface area contributed by atoms with Crippen molar-refractivity contribution in [2.75, 3.05) is 13.2 Å². The fourth-order valence-corrected chi connectivity index (χ4v) is 3.80. The summed E-state index contributed by atoms with van der Waals surface area (Å²) >= 11 is -1.38. The molecule has 1 aliphatic rings. The van der Waals surface area contributed by atoms with E-state index in [2.05, 4.69) is 4.40 Å². The Balaban J connectivity index is 2.27. The quantitative estimate of drug-likeness (QED) is 0.597. The van der Waals surface area contributed by atoms with Crippen LogP contribution in [0.5, 0.6) is 0 Å². The first-order valence-electron chi connectivity index (χ1n) is 9.01. The number of ether oxygens (including phenoxy) is 1. The van der Waals surface area contributed by atoms with E-state index in [1.165, 1.54) is 0 Å². The van der Waals surface area contributed by atoms with Gasteiger partial charge in [0.2, 0.25) is 0 Å². The Morgan fingerprint density at radius 3 is 2.52 bits per heavy atom. The number of hydrogen-bond acceptors (Lipinski definition) is 5. The molecule has 0 saturated carbocycles. The monoisotopic (exact) mass is 389 g/mol. The van der Waals surface area contributed by atoms with Crippen molar-refractivity contribution in [1.29, 1.82) is 0 Å². The molecule has 3 rings (SSSR count). The number of benzene rings is 1. The molecule has 6 nitrogen and oxygen atoms in total. The third-order valence-corrected chi connectivity index (χ3v) is 6.33. The lowest BCUT2D eigenvalue weighted by atomic mass is 9.87. The first-order valence-corrected chi connectivity index (χ1v) is 10.1. The van der Waals surface area contributed by atoms with Crippen LogP contribution < -0.4 is 5.56 Å². The summed E-state index contributed by atoms with van der Waals surface area (Å²) in [4.78, 5) is 17.9. The van der Waals surface area contributed by atoms with Gasteiger partial charge < -0.3 is 9.29 Å². The fourth-order valence-electron chi connectivity index (χ4n) is 3.18. The Bertz CT molecular complexity index is 985. The maximum atomic E-state index is 13.0. The second kappa shape index (κ2) is 6.72. The second-order valence-electron chi connectivity index (χ2n) is 8.60. The molecule has 146 valence electrons. The Morgan fingerprint density at radius 1 is 1.37 bits per heavy atom. The number of aryl methyl sites for hydroxylation is 1. The van der Waals surface area contributed by atoms with Crippen LogP contribution in [0, 0.1) is 6.92 Å². The summed E-state index contributed by atoms with van der Waals surface area (Å²) < 4.78 is 23.4. The number of nitrogens with zero attached hydrogens (tertiary/aromatic N) is 3. The molecule has 0 radical (unpaired) electrons. The minimum Gasteiger partial charge on any atom is -0.591 e. The maximum Gasteiger partial charge on any atom is 0.261 e. The van der Waals surface area contributed by atoms with Crippen molar-refractivity contribution in [1.82, 2.24) is 9.55 Å². The molecule has 2 aromatic rings. The van der Waals surface area contributed by atoms with E-state index in [1.54, 1.807) is 11.6 Å². The van der Waals surface area contributed by atoms with E-state index in [0.717, 1.165) is 11.1 Å². The summed E-state index contributed by atoms with van der Waals surface area (Å²) in [5.41, 5.74) is 2.57. The molecule has 0 spiro atoms. The van der Waals surface area contributed by atoms with Crippen LogP contribution in [-0.4, -0.2) is 37.8 Å². The van der Waals surface area contributed by atoms with Crippen molar-refractivity contribution < 1.29 is 9.29 Å². The molecular weight excluding hydrogens is 362 g/mol. The van der Waals surface area contributed by atoms with Gasteiger partial charge in [0.15, 0.2) is 0 Å². The Labute approximate surface area is 163 Å². The Morgan fingerprint density at radius 2 is 2.00 bits per heavy atom. The summed E-state index contributed by atoms with van der Waals surface area (Å²) in [6, 6.07) is 3.81. The molecular formula is C20H27N3O3S. The minimum atomic E-state index is -1.38. The molecule has 7 heteroatoms. The largest absolute Gasteiger partial charge is 0.591 e. The van der Waals surface area contributed by atoms with Gasteiger partial charge in [0.25, 0.3) is 5.56 Å². The molecule has 1 fully saturated rings. The average Bonchev–Trinajstić information content (AvgIpc) is 2.54. The van der Waals surface area contributed by atoms with Gasteiger partial charge in [0, 0.05) is 12.6 Å². The highest BCUT2D eigenvalue weighted by atomic mass is 32.2. The summed E-state index contributed by atoms with van der Waals surface area (Å²) in [6.45, 7) is 12.6. The molecule has 1 unspecified atom stereocenters. The fraction of sp³-hybridized carbons (Fsp3) is 0.550. The summed E-state index contributed by atoms with van der Waals surface area (Å²) in [7, 11) is 1.76. The standard InChI is InChI=1S/C20H27N3O3S/c1-12-8-14(13(2)22-27(25)19(3,4)5)16-15(9-12)17(24)23(7)18(21-16)20(6)10-26-11-20/h8-9H,10-11H2,1-7H3. The van der Waals surface area contributed by atoms with Crippen LogP contribution in [0.3, 0.4) is 0 Å². The van der Waals surface area contributed by atoms with Gasteiger partial charge in [-0.3, -0.25) is 9.36 Å². The van der Waals surface area contributed by atoms with Crippen molar-refractivity contribution in [3.05, 3.63) is 39.4 Å². The van der Waals surface area contributed by atoms with Crippen molar-refractivity contribution in [2.45, 2.75) is 51.7 Å². The summed E-state index contributed by atoms with van der Waals surface area (Å²) in [6.07, 6.45) is 0. The van der Waals surface area contributed by atoms with Gasteiger partial charge >= 0.3 is 0 Å². The zero-order valence-electron chi connectivity index (χ0n) is 17.0. The van der Waals surface area contributed by atoms with Crippen LogP contribution in [0.4, 0.5) is 0 Å². The first-order chi connectivity index (χ1) is 12.4. The number of hydrogen-bond donors (Lipinski definition) is 0. The van der Waals surface area contributed by atoms with Gasteiger partial charge in [-0.2, -0.15) is 0 Å². The lowest BCUT2D eigenvalue weighted by Crippen LogP contribution is -2.48. The summed E-state index contributed by atoms with van der Waals surface area (Å²) in [5, 5.41) is 0.552. The van der Waals surface area contributed by atoms with E-state index in [4.69, 9.17) is 9.72 Å². The molecule has 1 atom stereocenters. The van der Waals surface area contributed by atoms with E-state index in [-0.39, 0.29) is 11.0 Å². The van der Waals surface area contributed by atoms with Crippen LogP contribution in [0.25, 0.3) is 10.9 Å². The van der Waals surface area contributed by atoms with Gasteiger partial charge in [0.1, 0.15) is 21.9 Å². The Kier molecular flexibility index (Phi) is 4.99. The number of fused-ring (bicyclic) bond motifs is 1. The van der Waals surface area contributed by atoms with Crippen LogP contribution in [0.2, 0.25) is 0 Å². The van der Waals surface area contributed by atoms with Crippen LogP contribution in [0.15, 0.2) is 21.3 Å². The zero-order valence-corrected chi connectivity index (χ0v) is 17.9. The van der Waals surface area contributed by atoms with E-state index in [9.17, 15) is 9.35 Å². The van der Waals surface area contributed by atoms with Crippen LogP contribution in [-0.2, 0) is 28.6 Å². The minimum absolute atomic E-state index is 0.0854. The average molecular weight is 390 g/mol. The second-order valence-corrected chi connectivity index (χ2v) is 10.5. The van der Waals surface area contributed by atoms with E-state index in [0.29, 0.717) is 35.7 Å². The van der Waals surface area contributed by atoms with Crippen molar-refractivity contribution in [2.24, 2.45) is 11.4 Å². The third-order valence-electron chi connectivity index (χ3n) is 4.84. The normalized spacial score (nSPS) is 18.4. The highest BCUT2D eigenvalue weighted by Gasteiger charge is 2.39. The van der Waals surface area contributed by atoms with E-state index in [1.807, 2.05) is 53.7 Å². The molecule has 1 aliphatic heterocycles. The predicted octanol–water partition coefficient (Wildman–Crippen LogP) is 2.80. The van der Waals surface area contributed by atoms with Gasteiger partial charge in [0.05, 0.1) is 35.2 Å². The van der Waals surface area contributed by atoms with E-state index < -0.39 is 16.1 Å². The lowest BCUT2D eigenvalue weighted by molar-refractivity contribution is -0.0559. The van der Waals surface area contributed by atoms with Crippen LogP contribution in [0.1, 0.15) is 51.6 Å². The molecule has 0 aliphatic carbocycles. The SMILES string of the molecule is CC(=N[S+]([O-])C(C)(C)C)c1cc(C)cc2c(=O)n(C)c(C3(C)COC3)nc12. The molecule has 2 heterocycles. The molecule has 1 aromatic carbocycles.